The van der Waals surface area contributed by atoms with Gasteiger partial charge in [-0.2, -0.15) is 13.2 Å². The predicted octanol–water partition coefficient (Wildman–Crippen LogP) is 2.83. The van der Waals surface area contributed by atoms with Crippen LogP contribution in [-0.2, 0) is 11.3 Å². The predicted molar refractivity (Wildman–Crippen MR) is 68.4 cm³/mol. The Morgan fingerprint density at radius 2 is 1.81 bits per heavy atom. The largest absolute Gasteiger partial charge is 0.493 e. The third-order valence-corrected chi connectivity index (χ3v) is 2.54. The maximum Gasteiger partial charge on any atom is 0.422 e. The van der Waals surface area contributed by atoms with Crippen molar-refractivity contribution in [2.45, 2.75) is 12.7 Å². The molecule has 0 saturated carbocycles. The fraction of sp³-hybridized carbons (Fsp3) is 0.462. The number of amides is 1. The van der Waals surface area contributed by atoms with Crippen LogP contribution < -0.4 is 9.47 Å². The van der Waals surface area contributed by atoms with Crippen molar-refractivity contribution in [3.05, 3.63) is 23.8 Å². The number of methoxy groups -OCH3 is 2. The Labute approximate surface area is 120 Å². The molecule has 21 heavy (non-hydrogen) atoms. The van der Waals surface area contributed by atoms with Gasteiger partial charge in [0, 0.05) is 13.6 Å². The van der Waals surface area contributed by atoms with Crippen molar-refractivity contribution in [2.75, 3.05) is 27.9 Å². The van der Waals surface area contributed by atoms with E-state index in [-0.39, 0.29) is 6.54 Å². The molecule has 0 heterocycles. The maximum absolute atomic E-state index is 12.0. The number of rotatable bonds is 5. The molecule has 0 radical (unpaired) electrons. The first-order valence-corrected chi connectivity index (χ1v) is 5.92. The maximum atomic E-state index is 12.0. The molecule has 0 fully saturated rings. The second kappa shape index (κ2) is 7.05. The van der Waals surface area contributed by atoms with Gasteiger partial charge in [0.1, 0.15) is 0 Å². The van der Waals surface area contributed by atoms with Gasteiger partial charge in [-0.3, -0.25) is 0 Å². The Balaban J connectivity index is 2.66. The normalized spacial score (nSPS) is 11.0. The number of hydrogen-bond donors (Lipinski definition) is 0. The first-order chi connectivity index (χ1) is 9.76. The molecule has 0 bridgehead atoms. The topological polar surface area (TPSA) is 48.0 Å². The van der Waals surface area contributed by atoms with Gasteiger partial charge in [-0.25, -0.2) is 4.79 Å². The summed E-state index contributed by atoms with van der Waals surface area (Å²) in [6.45, 7) is -1.53. The summed E-state index contributed by atoms with van der Waals surface area (Å²) in [7, 11) is 4.29. The Bertz CT molecular complexity index is 491. The number of alkyl halides is 3. The lowest BCUT2D eigenvalue weighted by Crippen LogP contribution is -2.30. The zero-order valence-corrected chi connectivity index (χ0v) is 11.9. The summed E-state index contributed by atoms with van der Waals surface area (Å²) in [4.78, 5) is 12.5. The van der Waals surface area contributed by atoms with Gasteiger partial charge in [0.2, 0.25) is 0 Å². The zero-order valence-electron chi connectivity index (χ0n) is 11.9. The van der Waals surface area contributed by atoms with Crippen molar-refractivity contribution in [1.82, 2.24) is 4.90 Å². The average molecular weight is 307 g/mol. The summed E-state index contributed by atoms with van der Waals surface area (Å²) in [5, 5.41) is 0. The van der Waals surface area contributed by atoms with E-state index in [1.54, 1.807) is 18.2 Å². The monoisotopic (exact) mass is 307 g/mol. The molecule has 8 heteroatoms. The number of nitrogens with zero attached hydrogens (tertiary/aromatic N) is 1. The molecule has 5 nitrogen and oxygen atoms in total. The molecule has 1 aromatic carbocycles. The van der Waals surface area contributed by atoms with E-state index in [1.807, 2.05) is 0 Å². The molecular weight excluding hydrogens is 291 g/mol. The highest BCUT2D eigenvalue weighted by Crippen LogP contribution is 2.28. The van der Waals surface area contributed by atoms with Gasteiger partial charge >= 0.3 is 12.3 Å². The molecule has 1 aromatic rings. The van der Waals surface area contributed by atoms with E-state index in [2.05, 4.69) is 4.74 Å². The molecular formula is C13H16F3NO4. The number of carbonyl (C=O) groups is 1. The lowest BCUT2D eigenvalue weighted by atomic mass is 10.2. The van der Waals surface area contributed by atoms with Crippen molar-refractivity contribution in [2.24, 2.45) is 0 Å². The van der Waals surface area contributed by atoms with Gasteiger partial charge in [-0.05, 0) is 17.7 Å². The lowest BCUT2D eigenvalue weighted by molar-refractivity contribution is -0.162. The quantitative estimate of drug-likeness (QED) is 0.839. The number of benzene rings is 1. The smallest absolute Gasteiger partial charge is 0.422 e. The zero-order chi connectivity index (χ0) is 16.0. The molecule has 0 saturated heterocycles. The van der Waals surface area contributed by atoms with Crippen LogP contribution in [0.25, 0.3) is 0 Å². The molecule has 1 amide bonds. The fourth-order valence-corrected chi connectivity index (χ4v) is 1.57. The molecule has 118 valence electrons. The van der Waals surface area contributed by atoms with Gasteiger partial charge in [0.15, 0.2) is 18.1 Å². The average Bonchev–Trinajstić information content (AvgIpc) is 2.43. The van der Waals surface area contributed by atoms with Crippen LogP contribution in [0.5, 0.6) is 11.5 Å². The van der Waals surface area contributed by atoms with Crippen LogP contribution in [0.1, 0.15) is 5.56 Å². The third kappa shape index (κ3) is 5.41. The van der Waals surface area contributed by atoms with E-state index in [4.69, 9.17) is 9.47 Å². The van der Waals surface area contributed by atoms with Gasteiger partial charge in [0.25, 0.3) is 0 Å². The van der Waals surface area contributed by atoms with Crippen LogP contribution in [0.4, 0.5) is 18.0 Å². The van der Waals surface area contributed by atoms with E-state index < -0.39 is 18.9 Å². The van der Waals surface area contributed by atoms with E-state index in [9.17, 15) is 18.0 Å². The number of carbonyl (C=O) groups excluding carboxylic acids is 1. The van der Waals surface area contributed by atoms with Crippen LogP contribution in [-0.4, -0.2) is 45.0 Å². The third-order valence-electron chi connectivity index (χ3n) is 2.54. The minimum absolute atomic E-state index is 0.0804. The van der Waals surface area contributed by atoms with Gasteiger partial charge < -0.3 is 19.1 Å². The highest BCUT2D eigenvalue weighted by Gasteiger charge is 2.30. The number of halogens is 3. The van der Waals surface area contributed by atoms with E-state index >= 15 is 0 Å². The minimum Gasteiger partial charge on any atom is -0.493 e. The van der Waals surface area contributed by atoms with Crippen LogP contribution in [0.2, 0.25) is 0 Å². The Morgan fingerprint density at radius 3 is 2.33 bits per heavy atom. The van der Waals surface area contributed by atoms with E-state index in [0.29, 0.717) is 17.1 Å². The van der Waals surface area contributed by atoms with Crippen molar-refractivity contribution in [1.29, 1.82) is 0 Å². The van der Waals surface area contributed by atoms with Crippen molar-refractivity contribution in [3.8, 4) is 11.5 Å². The molecule has 0 atom stereocenters. The minimum atomic E-state index is -4.54. The van der Waals surface area contributed by atoms with Crippen LogP contribution in [0.15, 0.2) is 18.2 Å². The van der Waals surface area contributed by atoms with Crippen molar-refractivity contribution in [3.63, 3.8) is 0 Å². The van der Waals surface area contributed by atoms with Gasteiger partial charge in [-0.1, -0.05) is 6.07 Å². The molecule has 0 aliphatic rings. The Hall–Kier alpha value is -2.12. The van der Waals surface area contributed by atoms with E-state index in [1.165, 1.54) is 21.3 Å². The van der Waals surface area contributed by atoms with Gasteiger partial charge in [-0.15, -0.1) is 0 Å². The highest BCUT2D eigenvalue weighted by atomic mass is 19.4. The number of hydrogen-bond acceptors (Lipinski definition) is 4. The standard InChI is InChI=1S/C13H16F3NO4/c1-17(12(18)21-8-13(14,15)16)7-9-4-5-10(19-2)11(6-9)20-3/h4-6H,7-8H2,1-3H3. The Morgan fingerprint density at radius 1 is 1.19 bits per heavy atom. The van der Waals surface area contributed by atoms with Crippen molar-refractivity contribution < 1.29 is 32.2 Å². The molecule has 0 aliphatic carbocycles. The summed E-state index contributed by atoms with van der Waals surface area (Å²) >= 11 is 0. The van der Waals surface area contributed by atoms with E-state index in [0.717, 1.165) is 4.90 Å². The highest BCUT2D eigenvalue weighted by molar-refractivity contribution is 5.67. The van der Waals surface area contributed by atoms with Crippen LogP contribution in [0, 0.1) is 0 Å². The molecule has 0 aliphatic heterocycles. The molecule has 0 unspecified atom stereocenters. The summed E-state index contributed by atoms with van der Waals surface area (Å²) in [6.07, 6.45) is -5.60. The SMILES string of the molecule is COc1ccc(CN(C)C(=O)OCC(F)(F)F)cc1OC. The van der Waals surface area contributed by atoms with Crippen LogP contribution in [0.3, 0.4) is 0 Å². The second-order valence-corrected chi connectivity index (χ2v) is 4.22. The first-order valence-electron chi connectivity index (χ1n) is 5.92. The van der Waals surface area contributed by atoms with Gasteiger partial charge in [0.05, 0.1) is 14.2 Å². The summed E-state index contributed by atoms with van der Waals surface area (Å²) in [6, 6.07) is 4.95. The molecule has 1 rings (SSSR count). The lowest BCUT2D eigenvalue weighted by Gasteiger charge is -2.18. The molecule has 0 N–H and O–H groups in total. The summed E-state index contributed by atoms with van der Waals surface area (Å²) in [5.41, 5.74) is 0.666. The van der Waals surface area contributed by atoms with Crippen molar-refractivity contribution >= 4 is 6.09 Å². The number of ether oxygens (including phenoxy) is 3. The second-order valence-electron chi connectivity index (χ2n) is 4.22. The Kier molecular flexibility index (Phi) is 5.69. The summed E-state index contributed by atoms with van der Waals surface area (Å²) in [5.74, 6) is 0.982. The summed E-state index contributed by atoms with van der Waals surface area (Å²) < 4.78 is 50.2. The molecule has 0 spiro atoms. The molecule has 0 aromatic heterocycles. The van der Waals surface area contributed by atoms with Crippen LogP contribution >= 0.6 is 0 Å². The fourth-order valence-electron chi connectivity index (χ4n) is 1.57. The first kappa shape index (κ1) is 16.9.